The SMILES string of the molecule is N[C@@H](c1ccc(F)c([N+](=O)[O-])c1)C1CCCCC1. The molecular weight excluding hydrogens is 235 g/mol. The van der Waals surface area contributed by atoms with Crippen LogP contribution in [0.2, 0.25) is 0 Å². The molecule has 5 heteroatoms. The summed E-state index contributed by atoms with van der Waals surface area (Å²) in [5, 5.41) is 10.7. The van der Waals surface area contributed by atoms with Crippen molar-refractivity contribution >= 4 is 5.69 Å². The summed E-state index contributed by atoms with van der Waals surface area (Å²) in [7, 11) is 0. The van der Waals surface area contributed by atoms with Crippen molar-refractivity contribution in [2.45, 2.75) is 38.1 Å². The predicted molar refractivity (Wildman–Crippen MR) is 66.6 cm³/mol. The quantitative estimate of drug-likeness (QED) is 0.662. The van der Waals surface area contributed by atoms with Gasteiger partial charge in [-0.1, -0.05) is 25.3 Å². The van der Waals surface area contributed by atoms with Crippen molar-refractivity contribution in [3.8, 4) is 0 Å². The number of rotatable bonds is 3. The van der Waals surface area contributed by atoms with Crippen LogP contribution in [0.5, 0.6) is 0 Å². The molecule has 18 heavy (non-hydrogen) atoms. The van der Waals surface area contributed by atoms with Crippen LogP contribution in [0.1, 0.15) is 43.7 Å². The van der Waals surface area contributed by atoms with Gasteiger partial charge in [-0.05, 0) is 30.4 Å². The summed E-state index contributed by atoms with van der Waals surface area (Å²) < 4.78 is 13.2. The number of nitrogens with two attached hydrogens (primary N) is 1. The average molecular weight is 252 g/mol. The molecule has 1 atom stereocenters. The minimum Gasteiger partial charge on any atom is -0.324 e. The Bertz CT molecular complexity index is 445. The van der Waals surface area contributed by atoms with Crippen molar-refractivity contribution in [2.75, 3.05) is 0 Å². The van der Waals surface area contributed by atoms with Gasteiger partial charge in [-0.3, -0.25) is 10.1 Å². The van der Waals surface area contributed by atoms with Crippen LogP contribution in [-0.4, -0.2) is 4.92 Å². The van der Waals surface area contributed by atoms with Gasteiger partial charge in [0.1, 0.15) is 0 Å². The third-order valence-electron chi connectivity index (χ3n) is 3.71. The van der Waals surface area contributed by atoms with E-state index in [-0.39, 0.29) is 6.04 Å². The minimum absolute atomic E-state index is 0.232. The number of hydrogen-bond acceptors (Lipinski definition) is 3. The molecule has 0 spiro atoms. The normalized spacial score (nSPS) is 18.6. The van der Waals surface area contributed by atoms with Crippen LogP contribution in [0.25, 0.3) is 0 Å². The molecule has 1 saturated carbocycles. The van der Waals surface area contributed by atoms with Gasteiger partial charge in [-0.15, -0.1) is 0 Å². The van der Waals surface area contributed by atoms with E-state index in [4.69, 9.17) is 5.73 Å². The molecule has 1 aromatic rings. The molecule has 0 bridgehead atoms. The van der Waals surface area contributed by atoms with Crippen LogP contribution in [0.3, 0.4) is 0 Å². The summed E-state index contributed by atoms with van der Waals surface area (Å²) in [4.78, 5) is 10.00. The van der Waals surface area contributed by atoms with Crippen molar-refractivity contribution in [2.24, 2.45) is 11.7 Å². The highest BCUT2D eigenvalue weighted by molar-refractivity contribution is 5.37. The Morgan fingerprint density at radius 2 is 2.00 bits per heavy atom. The number of nitro groups is 1. The molecule has 0 radical (unpaired) electrons. The second kappa shape index (κ2) is 5.44. The topological polar surface area (TPSA) is 69.2 Å². The first-order valence-corrected chi connectivity index (χ1v) is 6.29. The lowest BCUT2D eigenvalue weighted by atomic mass is 9.81. The number of hydrogen-bond donors (Lipinski definition) is 1. The molecule has 0 heterocycles. The van der Waals surface area contributed by atoms with Gasteiger partial charge >= 0.3 is 5.69 Å². The zero-order valence-electron chi connectivity index (χ0n) is 10.1. The fourth-order valence-electron chi connectivity index (χ4n) is 2.64. The Labute approximate surface area is 105 Å². The average Bonchev–Trinajstić information content (AvgIpc) is 2.39. The van der Waals surface area contributed by atoms with Crippen molar-refractivity contribution in [1.82, 2.24) is 0 Å². The van der Waals surface area contributed by atoms with Gasteiger partial charge in [0.15, 0.2) is 0 Å². The number of nitro benzene ring substituents is 1. The second-order valence-corrected chi connectivity index (χ2v) is 4.89. The molecule has 0 saturated heterocycles. The van der Waals surface area contributed by atoms with Crippen LogP contribution in [0.15, 0.2) is 18.2 Å². The van der Waals surface area contributed by atoms with Crippen molar-refractivity contribution in [1.29, 1.82) is 0 Å². The second-order valence-electron chi connectivity index (χ2n) is 4.89. The Balaban J connectivity index is 2.21. The molecule has 1 aromatic carbocycles. The lowest BCUT2D eigenvalue weighted by Crippen LogP contribution is -2.23. The summed E-state index contributed by atoms with van der Waals surface area (Å²) in [5.74, 6) is -0.455. The summed E-state index contributed by atoms with van der Waals surface area (Å²) in [6.45, 7) is 0. The smallest absolute Gasteiger partial charge is 0.305 e. The van der Waals surface area contributed by atoms with Gasteiger partial charge in [-0.2, -0.15) is 4.39 Å². The van der Waals surface area contributed by atoms with E-state index in [9.17, 15) is 14.5 Å². The molecule has 1 fully saturated rings. The highest BCUT2D eigenvalue weighted by atomic mass is 19.1. The minimum atomic E-state index is -0.806. The molecule has 1 aliphatic rings. The van der Waals surface area contributed by atoms with Crippen molar-refractivity contribution < 1.29 is 9.31 Å². The maximum absolute atomic E-state index is 13.2. The lowest BCUT2D eigenvalue weighted by Gasteiger charge is -2.27. The monoisotopic (exact) mass is 252 g/mol. The molecule has 0 aromatic heterocycles. The first-order chi connectivity index (χ1) is 8.59. The Kier molecular flexibility index (Phi) is 3.91. The summed E-state index contributed by atoms with van der Waals surface area (Å²) in [6, 6.07) is 3.73. The largest absolute Gasteiger partial charge is 0.324 e. The van der Waals surface area contributed by atoms with E-state index >= 15 is 0 Å². The van der Waals surface area contributed by atoms with Gasteiger partial charge in [0.25, 0.3) is 0 Å². The first kappa shape index (κ1) is 13.0. The maximum Gasteiger partial charge on any atom is 0.305 e. The number of nitrogens with zero attached hydrogens (tertiary/aromatic N) is 1. The molecule has 2 rings (SSSR count). The van der Waals surface area contributed by atoms with Crippen LogP contribution in [0.4, 0.5) is 10.1 Å². The van der Waals surface area contributed by atoms with Crippen molar-refractivity contribution in [3.63, 3.8) is 0 Å². The summed E-state index contributed by atoms with van der Waals surface area (Å²) in [5.41, 5.74) is 6.32. The fourth-order valence-corrected chi connectivity index (χ4v) is 2.64. The van der Waals surface area contributed by atoms with E-state index in [0.29, 0.717) is 11.5 Å². The van der Waals surface area contributed by atoms with Gasteiger partial charge < -0.3 is 5.73 Å². The Morgan fingerprint density at radius 1 is 1.33 bits per heavy atom. The third kappa shape index (κ3) is 2.67. The zero-order chi connectivity index (χ0) is 13.1. The van der Waals surface area contributed by atoms with Gasteiger partial charge in [0.05, 0.1) is 4.92 Å². The van der Waals surface area contributed by atoms with Crippen molar-refractivity contribution in [3.05, 3.63) is 39.7 Å². The van der Waals surface area contributed by atoms with Gasteiger partial charge in [0.2, 0.25) is 5.82 Å². The third-order valence-corrected chi connectivity index (χ3v) is 3.71. The molecule has 0 unspecified atom stereocenters. The molecule has 4 nitrogen and oxygen atoms in total. The lowest BCUT2D eigenvalue weighted by molar-refractivity contribution is -0.387. The van der Waals surface area contributed by atoms with Crippen LogP contribution >= 0.6 is 0 Å². The van der Waals surface area contributed by atoms with E-state index in [1.165, 1.54) is 12.5 Å². The molecule has 2 N–H and O–H groups in total. The molecule has 98 valence electrons. The van der Waals surface area contributed by atoms with E-state index in [1.54, 1.807) is 6.07 Å². The van der Waals surface area contributed by atoms with E-state index in [2.05, 4.69) is 0 Å². The van der Waals surface area contributed by atoms with Gasteiger partial charge in [-0.25, -0.2) is 0 Å². The highest BCUT2D eigenvalue weighted by Crippen LogP contribution is 2.34. The number of halogens is 1. The first-order valence-electron chi connectivity index (χ1n) is 6.29. The van der Waals surface area contributed by atoms with E-state index in [1.807, 2.05) is 0 Å². The predicted octanol–water partition coefficient (Wildman–Crippen LogP) is 3.31. The fraction of sp³-hybridized carbons (Fsp3) is 0.538. The Hall–Kier alpha value is -1.49. The van der Waals surface area contributed by atoms with Crippen LogP contribution in [-0.2, 0) is 0 Å². The van der Waals surface area contributed by atoms with E-state index < -0.39 is 16.4 Å². The molecule has 0 aliphatic heterocycles. The van der Waals surface area contributed by atoms with E-state index in [0.717, 1.165) is 31.7 Å². The molecule has 1 aliphatic carbocycles. The standard InChI is InChI=1S/C13H17FN2O2/c14-11-7-6-10(8-12(11)16(17)18)13(15)9-4-2-1-3-5-9/h6-9,13H,1-5,15H2/t13-/m1/s1. The maximum atomic E-state index is 13.2. The molecular formula is C13H17FN2O2. The summed E-state index contributed by atoms with van der Waals surface area (Å²) in [6.07, 6.45) is 5.63. The molecule has 0 amide bonds. The number of benzene rings is 1. The van der Waals surface area contributed by atoms with Crippen LogP contribution < -0.4 is 5.73 Å². The zero-order valence-corrected chi connectivity index (χ0v) is 10.1. The van der Waals surface area contributed by atoms with Crippen LogP contribution in [0, 0.1) is 21.8 Å². The highest BCUT2D eigenvalue weighted by Gasteiger charge is 2.24. The van der Waals surface area contributed by atoms with Gasteiger partial charge in [0, 0.05) is 12.1 Å². The summed E-state index contributed by atoms with van der Waals surface area (Å²) >= 11 is 0. The Morgan fingerprint density at radius 3 is 2.61 bits per heavy atom.